The molecule has 2 amide bonds. The topological polar surface area (TPSA) is 59.0 Å². The molecule has 1 heterocycles. The van der Waals surface area contributed by atoms with E-state index in [9.17, 15) is 9.18 Å². The van der Waals surface area contributed by atoms with Crippen molar-refractivity contribution in [2.45, 2.75) is 13.5 Å². The number of carbonyl (C=O) groups is 1. The Hall–Kier alpha value is -2.37. The Labute approximate surface area is 116 Å². The van der Waals surface area contributed by atoms with E-state index in [0.717, 1.165) is 6.54 Å². The summed E-state index contributed by atoms with van der Waals surface area (Å²) in [5, 5.41) is 9.44. The first-order valence-electron chi connectivity index (χ1n) is 6.41. The second-order valence-electron chi connectivity index (χ2n) is 4.68. The van der Waals surface area contributed by atoms with Crippen LogP contribution in [0.2, 0.25) is 0 Å². The first-order chi connectivity index (χ1) is 9.63. The Morgan fingerprint density at radius 1 is 1.45 bits per heavy atom. The van der Waals surface area contributed by atoms with Crippen LogP contribution in [0.15, 0.2) is 42.7 Å². The predicted molar refractivity (Wildman–Crippen MR) is 74.8 cm³/mol. The normalized spacial score (nSPS) is 11.9. The fraction of sp³-hybridized carbons (Fsp3) is 0.286. The van der Waals surface area contributed by atoms with Crippen molar-refractivity contribution in [1.82, 2.24) is 15.1 Å². The molecule has 0 bridgehead atoms. The Morgan fingerprint density at radius 2 is 2.30 bits per heavy atom. The minimum absolute atomic E-state index is 0.244. The number of halogens is 1. The zero-order chi connectivity index (χ0) is 14.4. The van der Waals surface area contributed by atoms with E-state index in [4.69, 9.17) is 0 Å². The molecule has 6 heteroatoms. The molecule has 0 aliphatic carbocycles. The molecule has 0 saturated carbocycles. The van der Waals surface area contributed by atoms with Gasteiger partial charge in [0, 0.05) is 31.2 Å². The summed E-state index contributed by atoms with van der Waals surface area (Å²) in [7, 11) is 0. The third kappa shape index (κ3) is 4.38. The molecule has 2 N–H and O–H groups in total. The molecule has 0 saturated heterocycles. The van der Waals surface area contributed by atoms with Crippen LogP contribution in [0.25, 0.3) is 0 Å². The molecule has 5 nitrogen and oxygen atoms in total. The van der Waals surface area contributed by atoms with Crippen LogP contribution in [-0.2, 0) is 6.54 Å². The molecule has 0 spiro atoms. The van der Waals surface area contributed by atoms with Crippen LogP contribution >= 0.6 is 0 Å². The summed E-state index contributed by atoms with van der Waals surface area (Å²) in [6.07, 6.45) is 3.60. The van der Waals surface area contributed by atoms with Crippen LogP contribution in [0.1, 0.15) is 6.92 Å². The van der Waals surface area contributed by atoms with Gasteiger partial charge in [0.15, 0.2) is 0 Å². The maximum absolute atomic E-state index is 13.0. The molecular weight excluding hydrogens is 259 g/mol. The number of amides is 2. The third-order valence-corrected chi connectivity index (χ3v) is 2.75. The SMILES string of the molecule is C[C@@H](CNC(=O)Nc1cccc(F)c1)Cn1cccn1. The lowest BCUT2D eigenvalue weighted by atomic mass is 10.2. The van der Waals surface area contributed by atoms with Gasteiger partial charge in [-0.3, -0.25) is 4.68 Å². The summed E-state index contributed by atoms with van der Waals surface area (Å²) in [5.41, 5.74) is 0.433. The van der Waals surface area contributed by atoms with Crippen LogP contribution in [0.4, 0.5) is 14.9 Å². The lowest BCUT2D eigenvalue weighted by Crippen LogP contribution is -2.33. The van der Waals surface area contributed by atoms with Gasteiger partial charge in [-0.15, -0.1) is 0 Å². The summed E-state index contributed by atoms with van der Waals surface area (Å²) in [5.74, 6) is -0.136. The molecule has 1 aromatic heterocycles. The van der Waals surface area contributed by atoms with Crippen molar-refractivity contribution in [2.75, 3.05) is 11.9 Å². The van der Waals surface area contributed by atoms with Crippen LogP contribution in [0, 0.1) is 11.7 Å². The van der Waals surface area contributed by atoms with E-state index in [0.29, 0.717) is 12.2 Å². The second kappa shape index (κ2) is 6.70. The fourth-order valence-corrected chi connectivity index (χ4v) is 1.80. The van der Waals surface area contributed by atoms with Crippen molar-refractivity contribution in [3.8, 4) is 0 Å². The molecule has 1 aromatic carbocycles. The zero-order valence-corrected chi connectivity index (χ0v) is 11.2. The number of anilines is 1. The van der Waals surface area contributed by atoms with Gasteiger partial charge < -0.3 is 10.6 Å². The van der Waals surface area contributed by atoms with Crippen LogP contribution in [-0.4, -0.2) is 22.4 Å². The predicted octanol–water partition coefficient (Wildman–Crippen LogP) is 2.48. The molecule has 106 valence electrons. The number of aromatic nitrogens is 2. The summed E-state index contributed by atoms with van der Waals surface area (Å²) >= 11 is 0. The van der Waals surface area contributed by atoms with Gasteiger partial charge in [0.2, 0.25) is 0 Å². The van der Waals surface area contributed by atoms with E-state index in [1.54, 1.807) is 18.3 Å². The van der Waals surface area contributed by atoms with E-state index in [1.165, 1.54) is 12.1 Å². The standard InChI is InChI=1S/C14H17FN4O/c1-11(10-19-7-3-6-17-19)9-16-14(20)18-13-5-2-4-12(15)8-13/h2-8,11H,9-10H2,1H3,(H2,16,18,20)/t11-/m0/s1. The largest absolute Gasteiger partial charge is 0.338 e. The maximum Gasteiger partial charge on any atom is 0.319 e. The molecule has 0 aliphatic heterocycles. The Kier molecular flexibility index (Phi) is 4.70. The summed E-state index contributed by atoms with van der Waals surface area (Å²) in [4.78, 5) is 11.7. The van der Waals surface area contributed by atoms with Crippen molar-refractivity contribution in [3.63, 3.8) is 0 Å². The Balaban J connectivity index is 1.74. The number of hydrogen-bond acceptors (Lipinski definition) is 2. The monoisotopic (exact) mass is 276 g/mol. The average Bonchev–Trinajstić information content (AvgIpc) is 2.89. The molecule has 0 fully saturated rings. The van der Waals surface area contributed by atoms with Gasteiger partial charge in [-0.2, -0.15) is 5.10 Å². The highest BCUT2D eigenvalue weighted by Gasteiger charge is 2.07. The van der Waals surface area contributed by atoms with E-state index < -0.39 is 0 Å². The highest BCUT2D eigenvalue weighted by atomic mass is 19.1. The number of carbonyl (C=O) groups excluding carboxylic acids is 1. The third-order valence-electron chi connectivity index (χ3n) is 2.75. The van der Waals surface area contributed by atoms with Gasteiger partial charge in [0.1, 0.15) is 5.82 Å². The number of nitrogens with zero attached hydrogens (tertiary/aromatic N) is 2. The number of nitrogens with one attached hydrogen (secondary N) is 2. The number of urea groups is 1. The van der Waals surface area contributed by atoms with Crippen molar-refractivity contribution in [2.24, 2.45) is 5.92 Å². The van der Waals surface area contributed by atoms with E-state index in [2.05, 4.69) is 15.7 Å². The minimum atomic E-state index is -0.380. The van der Waals surface area contributed by atoms with Gasteiger partial charge >= 0.3 is 6.03 Å². The highest BCUT2D eigenvalue weighted by molar-refractivity contribution is 5.89. The Morgan fingerprint density at radius 3 is 3.00 bits per heavy atom. The van der Waals surface area contributed by atoms with Crippen molar-refractivity contribution >= 4 is 11.7 Å². The fourth-order valence-electron chi connectivity index (χ4n) is 1.80. The first-order valence-corrected chi connectivity index (χ1v) is 6.41. The summed E-state index contributed by atoms with van der Waals surface area (Å²) < 4.78 is 14.8. The molecule has 0 aliphatic rings. The van der Waals surface area contributed by atoms with Gasteiger partial charge in [-0.25, -0.2) is 9.18 Å². The van der Waals surface area contributed by atoms with Gasteiger partial charge in [0.25, 0.3) is 0 Å². The lowest BCUT2D eigenvalue weighted by Gasteiger charge is -2.13. The number of benzene rings is 1. The van der Waals surface area contributed by atoms with Crippen molar-refractivity contribution in [1.29, 1.82) is 0 Å². The van der Waals surface area contributed by atoms with Crippen LogP contribution in [0.5, 0.6) is 0 Å². The van der Waals surface area contributed by atoms with Gasteiger partial charge in [-0.05, 0) is 30.2 Å². The maximum atomic E-state index is 13.0. The van der Waals surface area contributed by atoms with E-state index in [1.807, 2.05) is 23.9 Å². The zero-order valence-electron chi connectivity index (χ0n) is 11.2. The Bertz CT molecular complexity index is 556. The van der Waals surface area contributed by atoms with Crippen LogP contribution < -0.4 is 10.6 Å². The van der Waals surface area contributed by atoms with Crippen LogP contribution in [0.3, 0.4) is 0 Å². The highest BCUT2D eigenvalue weighted by Crippen LogP contribution is 2.08. The molecule has 2 aromatic rings. The average molecular weight is 276 g/mol. The van der Waals surface area contributed by atoms with E-state index >= 15 is 0 Å². The molecule has 0 radical (unpaired) electrons. The second-order valence-corrected chi connectivity index (χ2v) is 4.68. The van der Waals surface area contributed by atoms with Crippen molar-refractivity contribution in [3.05, 3.63) is 48.5 Å². The molecule has 0 unspecified atom stereocenters. The molecule has 2 rings (SSSR count). The van der Waals surface area contributed by atoms with E-state index in [-0.39, 0.29) is 17.8 Å². The summed E-state index contributed by atoms with van der Waals surface area (Å²) in [6, 6.07) is 7.29. The molecular formula is C14H17FN4O. The lowest BCUT2D eigenvalue weighted by molar-refractivity contribution is 0.249. The van der Waals surface area contributed by atoms with Gasteiger partial charge in [0.05, 0.1) is 0 Å². The summed E-state index contributed by atoms with van der Waals surface area (Å²) in [6.45, 7) is 3.26. The smallest absolute Gasteiger partial charge is 0.319 e. The number of hydrogen-bond donors (Lipinski definition) is 2. The minimum Gasteiger partial charge on any atom is -0.338 e. The quantitative estimate of drug-likeness (QED) is 0.881. The first kappa shape index (κ1) is 14.0. The molecule has 20 heavy (non-hydrogen) atoms. The van der Waals surface area contributed by atoms with Crippen molar-refractivity contribution < 1.29 is 9.18 Å². The molecule has 1 atom stereocenters. The van der Waals surface area contributed by atoms with Gasteiger partial charge in [-0.1, -0.05) is 13.0 Å². The number of rotatable bonds is 5.